The second-order valence-corrected chi connectivity index (χ2v) is 4.62. The van der Waals surface area contributed by atoms with Crippen molar-refractivity contribution in [3.63, 3.8) is 0 Å². The number of hydrogen-bond acceptors (Lipinski definition) is 4. The number of nitrogens with one attached hydrogen (secondary N) is 2. The van der Waals surface area contributed by atoms with Crippen LogP contribution in [0.2, 0.25) is 0 Å². The van der Waals surface area contributed by atoms with Gasteiger partial charge in [-0.1, -0.05) is 24.3 Å². The lowest BCUT2D eigenvalue weighted by Crippen LogP contribution is -2.34. The van der Waals surface area contributed by atoms with E-state index in [4.69, 9.17) is 5.73 Å². The van der Waals surface area contributed by atoms with E-state index in [1.165, 1.54) is 6.20 Å². The van der Waals surface area contributed by atoms with Crippen LogP contribution in [-0.4, -0.2) is 27.3 Å². The SMILES string of the molecule is Nc1cn[nH]c1C(=O)N[C@H]1c2ccccc2C[C@H]1O. The highest BCUT2D eigenvalue weighted by molar-refractivity contribution is 5.97. The van der Waals surface area contributed by atoms with E-state index in [1.807, 2.05) is 24.3 Å². The van der Waals surface area contributed by atoms with Crippen LogP contribution in [0.15, 0.2) is 30.5 Å². The number of H-pyrrole nitrogens is 1. The molecule has 3 rings (SSSR count). The second-order valence-electron chi connectivity index (χ2n) is 4.62. The molecule has 2 atom stereocenters. The van der Waals surface area contributed by atoms with E-state index in [1.54, 1.807) is 0 Å². The zero-order valence-corrected chi connectivity index (χ0v) is 10.1. The fourth-order valence-corrected chi connectivity index (χ4v) is 2.44. The van der Waals surface area contributed by atoms with Crippen LogP contribution in [0.1, 0.15) is 27.7 Å². The number of amides is 1. The van der Waals surface area contributed by atoms with Crippen LogP contribution in [0.5, 0.6) is 0 Å². The first-order valence-electron chi connectivity index (χ1n) is 6.02. The summed E-state index contributed by atoms with van der Waals surface area (Å²) in [6, 6.07) is 7.26. The van der Waals surface area contributed by atoms with E-state index in [0.29, 0.717) is 12.1 Å². The van der Waals surface area contributed by atoms with Gasteiger partial charge in [-0.25, -0.2) is 0 Å². The van der Waals surface area contributed by atoms with Crippen molar-refractivity contribution >= 4 is 11.6 Å². The van der Waals surface area contributed by atoms with Gasteiger partial charge < -0.3 is 16.2 Å². The number of carbonyl (C=O) groups is 1. The van der Waals surface area contributed by atoms with E-state index < -0.39 is 12.1 Å². The number of nitrogens with two attached hydrogens (primary N) is 1. The summed E-state index contributed by atoms with van der Waals surface area (Å²) >= 11 is 0. The van der Waals surface area contributed by atoms with Gasteiger partial charge in [-0.15, -0.1) is 0 Å². The van der Waals surface area contributed by atoms with Crippen molar-refractivity contribution in [3.05, 3.63) is 47.3 Å². The summed E-state index contributed by atoms with van der Waals surface area (Å²) in [5.41, 5.74) is 8.14. The number of anilines is 1. The minimum atomic E-state index is -0.620. The summed E-state index contributed by atoms with van der Waals surface area (Å²) in [5.74, 6) is -0.365. The third-order valence-corrected chi connectivity index (χ3v) is 3.39. The summed E-state index contributed by atoms with van der Waals surface area (Å²) in [6.07, 6.45) is 1.30. The van der Waals surface area contributed by atoms with E-state index in [2.05, 4.69) is 15.5 Å². The van der Waals surface area contributed by atoms with Crippen molar-refractivity contribution < 1.29 is 9.90 Å². The zero-order valence-electron chi connectivity index (χ0n) is 10.1. The summed E-state index contributed by atoms with van der Waals surface area (Å²) in [7, 11) is 0. The van der Waals surface area contributed by atoms with Gasteiger partial charge in [-0.2, -0.15) is 5.10 Å². The molecule has 0 bridgehead atoms. The van der Waals surface area contributed by atoms with Gasteiger partial charge in [0.05, 0.1) is 24.0 Å². The molecule has 0 saturated heterocycles. The lowest BCUT2D eigenvalue weighted by molar-refractivity contribution is 0.0854. The number of rotatable bonds is 2. The molecule has 2 aromatic rings. The normalized spacial score (nSPS) is 21.1. The molecule has 1 heterocycles. The highest BCUT2D eigenvalue weighted by Crippen LogP contribution is 2.31. The predicted octanol–water partition coefficient (Wildman–Crippen LogP) is 0.380. The first kappa shape index (κ1) is 11.7. The Kier molecular flexibility index (Phi) is 2.72. The summed E-state index contributed by atoms with van der Waals surface area (Å²) in [5, 5.41) is 19.1. The quantitative estimate of drug-likeness (QED) is 0.625. The lowest BCUT2D eigenvalue weighted by Gasteiger charge is -2.17. The maximum atomic E-state index is 12.1. The largest absolute Gasteiger partial charge is 0.396 e. The Morgan fingerprint density at radius 2 is 2.26 bits per heavy atom. The third kappa shape index (κ3) is 1.96. The Morgan fingerprint density at radius 1 is 1.47 bits per heavy atom. The number of benzene rings is 1. The average Bonchev–Trinajstić information content (AvgIpc) is 2.94. The molecular formula is C13H14N4O2. The maximum absolute atomic E-state index is 12.1. The monoisotopic (exact) mass is 258 g/mol. The Hall–Kier alpha value is -2.34. The molecule has 0 saturated carbocycles. The van der Waals surface area contributed by atoms with Crippen molar-refractivity contribution in [1.82, 2.24) is 15.5 Å². The first-order valence-corrected chi connectivity index (χ1v) is 6.02. The molecule has 1 amide bonds. The number of aliphatic hydroxyl groups excluding tert-OH is 1. The summed E-state index contributed by atoms with van der Waals surface area (Å²) in [6.45, 7) is 0. The van der Waals surface area contributed by atoms with E-state index in [-0.39, 0.29) is 11.6 Å². The lowest BCUT2D eigenvalue weighted by atomic mass is 10.1. The van der Waals surface area contributed by atoms with Gasteiger partial charge in [0.2, 0.25) is 0 Å². The number of aromatic nitrogens is 2. The van der Waals surface area contributed by atoms with E-state index >= 15 is 0 Å². The van der Waals surface area contributed by atoms with Crippen LogP contribution < -0.4 is 11.1 Å². The summed E-state index contributed by atoms with van der Waals surface area (Å²) < 4.78 is 0. The molecule has 1 aliphatic rings. The van der Waals surface area contributed by atoms with Crippen LogP contribution in [0.4, 0.5) is 5.69 Å². The molecule has 0 unspecified atom stereocenters. The van der Waals surface area contributed by atoms with Gasteiger partial charge in [0, 0.05) is 6.42 Å². The Bertz CT molecular complexity index is 623. The standard InChI is InChI=1S/C13H14N4O2/c14-9-6-15-17-12(9)13(19)16-11-8-4-2-1-3-7(8)5-10(11)18/h1-4,6,10-11,18H,5,14H2,(H,15,17)(H,16,19)/t10-,11+/m1/s1. The zero-order chi connectivity index (χ0) is 13.4. The molecule has 0 aliphatic heterocycles. The van der Waals surface area contributed by atoms with Crippen molar-refractivity contribution in [2.45, 2.75) is 18.6 Å². The molecule has 1 aromatic heterocycles. The molecule has 6 nitrogen and oxygen atoms in total. The van der Waals surface area contributed by atoms with Crippen LogP contribution in [0.25, 0.3) is 0 Å². The number of aliphatic hydroxyl groups is 1. The van der Waals surface area contributed by atoms with Crippen molar-refractivity contribution in [1.29, 1.82) is 0 Å². The molecule has 1 aromatic carbocycles. The molecule has 19 heavy (non-hydrogen) atoms. The maximum Gasteiger partial charge on any atom is 0.272 e. The van der Waals surface area contributed by atoms with E-state index in [0.717, 1.165) is 11.1 Å². The molecular weight excluding hydrogens is 244 g/mol. The average molecular weight is 258 g/mol. The molecule has 0 spiro atoms. The number of hydrogen-bond donors (Lipinski definition) is 4. The second kappa shape index (κ2) is 4.40. The van der Waals surface area contributed by atoms with Gasteiger partial charge in [0.1, 0.15) is 5.69 Å². The minimum Gasteiger partial charge on any atom is -0.396 e. The molecule has 98 valence electrons. The number of nitrogens with zero attached hydrogens (tertiary/aromatic N) is 1. The number of aromatic amines is 1. The van der Waals surface area contributed by atoms with Crippen LogP contribution in [-0.2, 0) is 6.42 Å². The molecule has 6 heteroatoms. The number of carbonyl (C=O) groups excluding carboxylic acids is 1. The van der Waals surface area contributed by atoms with Gasteiger partial charge in [-0.3, -0.25) is 9.89 Å². The topological polar surface area (TPSA) is 104 Å². The first-order chi connectivity index (χ1) is 9.16. The minimum absolute atomic E-state index is 0.219. The Morgan fingerprint density at radius 3 is 3.00 bits per heavy atom. The molecule has 1 aliphatic carbocycles. The van der Waals surface area contributed by atoms with Gasteiger partial charge in [0.25, 0.3) is 5.91 Å². The smallest absolute Gasteiger partial charge is 0.272 e. The summed E-state index contributed by atoms with van der Waals surface area (Å²) in [4.78, 5) is 12.1. The van der Waals surface area contributed by atoms with Crippen LogP contribution in [0.3, 0.4) is 0 Å². The van der Waals surface area contributed by atoms with Crippen molar-refractivity contribution in [3.8, 4) is 0 Å². The van der Waals surface area contributed by atoms with Crippen molar-refractivity contribution in [2.24, 2.45) is 0 Å². The highest BCUT2D eigenvalue weighted by Gasteiger charge is 2.32. The molecule has 0 fully saturated rings. The van der Waals surface area contributed by atoms with Gasteiger partial charge in [0.15, 0.2) is 0 Å². The highest BCUT2D eigenvalue weighted by atomic mass is 16.3. The molecule has 0 radical (unpaired) electrons. The van der Waals surface area contributed by atoms with Gasteiger partial charge >= 0.3 is 0 Å². The van der Waals surface area contributed by atoms with E-state index in [9.17, 15) is 9.90 Å². The van der Waals surface area contributed by atoms with Gasteiger partial charge in [-0.05, 0) is 11.1 Å². The van der Waals surface area contributed by atoms with Crippen molar-refractivity contribution in [2.75, 3.05) is 5.73 Å². The Balaban J connectivity index is 1.84. The predicted molar refractivity (Wildman–Crippen MR) is 69.4 cm³/mol. The molecule has 5 N–H and O–H groups in total. The fourth-order valence-electron chi connectivity index (χ4n) is 2.44. The number of nitrogen functional groups attached to an aromatic ring is 1. The number of fused-ring (bicyclic) bond motifs is 1. The van der Waals surface area contributed by atoms with Crippen LogP contribution in [0, 0.1) is 0 Å². The third-order valence-electron chi connectivity index (χ3n) is 3.39. The van der Waals surface area contributed by atoms with Crippen LogP contribution >= 0.6 is 0 Å². The Labute approximate surface area is 109 Å². The fraction of sp³-hybridized carbons (Fsp3) is 0.231.